The second-order valence-corrected chi connectivity index (χ2v) is 10.4. The number of carbonyl (C=O) groups excluding carboxylic acids is 5. The average molecular weight is 632 g/mol. The van der Waals surface area contributed by atoms with E-state index in [1.807, 2.05) is 0 Å². The summed E-state index contributed by atoms with van der Waals surface area (Å²) < 4.78 is 10.2. The summed E-state index contributed by atoms with van der Waals surface area (Å²) in [7, 11) is 1.23. The van der Waals surface area contributed by atoms with Crippen LogP contribution in [0.1, 0.15) is 19.5 Å². The van der Waals surface area contributed by atoms with E-state index < -0.39 is 53.1 Å². The van der Waals surface area contributed by atoms with Crippen LogP contribution in [-0.4, -0.2) is 106 Å². The van der Waals surface area contributed by atoms with Crippen LogP contribution in [0.15, 0.2) is 34.0 Å². The van der Waals surface area contributed by atoms with Gasteiger partial charge in [-0.3, -0.25) is 14.5 Å². The predicted molar refractivity (Wildman–Crippen MR) is 143 cm³/mol. The monoisotopic (exact) mass is 631 g/mol. The summed E-state index contributed by atoms with van der Waals surface area (Å²) in [4.78, 5) is 73.9. The minimum atomic E-state index is -1.67. The molecule has 0 saturated carbocycles. The number of anilines is 1. The number of thiazole rings is 1. The van der Waals surface area contributed by atoms with Crippen LogP contribution in [0.25, 0.3) is 0 Å². The standard InChI is InChI=1S/C23H27N7O9S2.Na/c1-4-38-22(35)28-8-6-7-13(30(28)23(36)39-5-2)11-9-40-19-15(18(32)29(19)16(11)20(33)34)26-17(31)14(27-37-3)12-10-41-21(24)25-12;/h6-7,10,13,15,19H,4-5,8-9H2,1-3H3,(H2,24,25)(H,26,31)(H,33,34);/q;+1/p-1/b27-14-;/t13?,15-,19+;/m1./s1. The Morgan fingerprint density at radius 2 is 1.90 bits per heavy atom. The molecule has 1 fully saturated rings. The first-order valence-electron chi connectivity index (χ1n) is 12.2. The number of oxime groups is 1. The fraction of sp³-hybridized carbons (Fsp3) is 0.435. The number of nitrogens with zero attached hydrogens (tertiary/aromatic N) is 5. The molecule has 0 aromatic carbocycles. The van der Waals surface area contributed by atoms with E-state index in [2.05, 4.69) is 15.5 Å². The minimum Gasteiger partial charge on any atom is -0.543 e. The Morgan fingerprint density at radius 1 is 1.21 bits per heavy atom. The van der Waals surface area contributed by atoms with Gasteiger partial charge in [0.05, 0.1) is 37.5 Å². The third kappa shape index (κ3) is 6.36. The molecular formula is C23H26N7NaO9S2. The van der Waals surface area contributed by atoms with Gasteiger partial charge < -0.3 is 35.3 Å². The summed E-state index contributed by atoms with van der Waals surface area (Å²) in [5, 5.41) is 21.5. The van der Waals surface area contributed by atoms with E-state index in [9.17, 15) is 29.1 Å². The van der Waals surface area contributed by atoms with Gasteiger partial charge in [-0.25, -0.2) is 24.6 Å². The van der Waals surface area contributed by atoms with Crippen molar-refractivity contribution in [1.82, 2.24) is 25.2 Å². The molecular weight excluding hydrogens is 605 g/mol. The van der Waals surface area contributed by atoms with Gasteiger partial charge in [-0.2, -0.15) is 0 Å². The maximum absolute atomic E-state index is 13.2. The minimum absolute atomic E-state index is 0. The second kappa shape index (κ2) is 14.2. The smallest absolute Gasteiger partial charge is 0.543 e. The number of aliphatic carboxylic acids is 1. The molecule has 1 aromatic rings. The molecule has 0 spiro atoms. The number of aromatic nitrogens is 1. The number of nitrogen functional groups attached to an aromatic ring is 1. The molecule has 1 aromatic heterocycles. The van der Waals surface area contributed by atoms with Gasteiger partial charge in [-0.1, -0.05) is 17.3 Å². The van der Waals surface area contributed by atoms with Crippen molar-refractivity contribution in [2.24, 2.45) is 5.16 Å². The Bertz CT molecular complexity index is 1350. The number of amides is 4. The van der Waals surface area contributed by atoms with Crippen LogP contribution in [0.5, 0.6) is 0 Å². The normalized spacial score (nSPS) is 21.6. The van der Waals surface area contributed by atoms with Crippen molar-refractivity contribution in [2.45, 2.75) is 31.3 Å². The molecule has 3 aliphatic heterocycles. The van der Waals surface area contributed by atoms with E-state index in [0.717, 1.165) is 38.0 Å². The van der Waals surface area contributed by atoms with Gasteiger partial charge in [0.2, 0.25) is 0 Å². The Balaban J connectivity index is 0.00000484. The summed E-state index contributed by atoms with van der Waals surface area (Å²) in [6.07, 6.45) is 1.34. The Kier molecular flexibility index (Phi) is 11.2. The van der Waals surface area contributed by atoms with Gasteiger partial charge in [-0.05, 0) is 19.4 Å². The number of β-lactam (4-membered cyclic amide) rings is 1. The zero-order valence-corrected chi connectivity index (χ0v) is 26.7. The molecule has 42 heavy (non-hydrogen) atoms. The van der Waals surface area contributed by atoms with E-state index in [4.69, 9.17) is 20.0 Å². The molecule has 0 bridgehead atoms. The van der Waals surface area contributed by atoms with Gasteiger partial charge in [0, 0.05) is 11.1 Å². The van der Waals surface area contributed by atoms with Gasteiger partial charge >= 0.3 is 41.7 Å². The van der Waals surface area contributed by atoms with Crippen LogP contribution in [-0.2, 0) is 28.7 Å². The number of nitrogens with one attached hydrogen (secondary N) is 1. The summed E-state index contributed by atoms with van der Waals surface area (Å²) in [5.41, 5.74) is 5.20. The first-order chi connectivity index (χ1) is 19.6. The molecule has 3 N–H and O–H groups in total. The van der Waals surface area contributed by atoms with Gasteiger partial charge in [-0.15, -0.1) is 23.1 Å². The number of fused-ring (bicyclic) bond motifs is 1. The van der Waals surface area contributed by atoms with Gasteiger partial charge in [0.15, 0.2) is 10.8 Å². The molecule has 3 atom stereocenters. The van der Waals surface area contributed by atoms with Crippen LogP contribution >= 0.6 is 23.1 Å². The zero-order chi connectivity index (χ0) is 29.8. The maximum Gasteiger partial charge on any atom is 1.00 e. The molecule has 4 amide bonds. The molecule has 0 aliphatic carbocycles. The van der Waals surface area contributed by atoms with Crippen molar-refractivity contribution in [3.05, 3.63) is 34.5 Å². The van der Waals surface area contributed by atoms with Crippen LogP contribution in [0.2, 0.25) is 0 Å². The summed E-state index contributed by atoms with van der Waals surface area (Å²) in [6.45, 7) is 3.16. The van der Waals surface area contributed by atoms with Crippen molar-refractivity contribution < 1.29 is 72.9 Å². The number of hydrazine groups is 1. The number of carbonyl (C=O) groups is 5. The van der Waals surface area contributed by atoms with Gasteiger partial charge in [0.25, 0.3) is 11.8 Å². The fourth-order valence-electron chi connectivity index (χ4n) is 4.40. The third-order valence-corrected chi connectivity index (χ3v) is 8.03. The zero-order valence-electron chi connectivity index (χ0n) is 23.1. The number of ether oxygens (including phenoxy) is 2. The Morgan fingerprint density at radius 3 is 2.50 bits per heavy atom. The number of hydrogen-bond acceptors (Lipinski definition) is 14. The average Bonchev–Trinajstić information content (AvgIpc) is 3.38. The third-order valence-electron chi connectivity index (χ3n) is 6.05. The molecule has 1 saturated heterocycles. The summed E-state index contributed by atoms with van der Waals surface area (Å²) >= 11 is 2.23. The largest absolute Gasteiger partial charge is 1.00 e. The quantitative estimate of drug-likeness (QED) is 0.0933. The van der Waals surface area contributed by atoms with Crippen LogP contribution in [0, 0.1) is 0 Å². The van der Waals surface area contributed by atoms with E-state index in [0.29, 0.717) is 0 Å². The second-order valence-electron chi connectivity index (χ2n) is 8.41. The molecule has 4 rings (SSSR count). The van der Waals surface area contributed by atoms with Crippen molar-refractivity contribution >= 4 is 63.9 Å². The Labute approximate surface area is 270 Å². The fourth-order valence-corrected chi connectivity index (χ4v) is 6.34. The number of nitrogens with two attached hydrogens (primary N) is 1. The van der Waals surface area contributed by atoms with E-state index in [1.165, 1.54) is 18.6 Å². The number of carboxylic acids is 1. The Hall–Kier alpha value is -3.32. The molecule has 220 valence electrons. The molecule has 19 heteroatoms. The molecule has 1 unspecified atom stereocenters. The summed E-state index contributed by atoms with van der Waals surface area (Å²) in [6, 6.07) is -2.22. The van der Waals surface area contributed by atoms with Crippen LogP contribution in [0.4, 0.5) is 14.7 Å². The number of rotatable bonds is 8. The van der Waals surface area contributed by atoms with E-state index in [-0.39, 0.29) is 77.2 Å². The molecule has 3 aliphatic rings. The van der Waals surface area contributed by atoms with Crippen molar-refractivity contribution in [3.63, 3.8) is 0 Å². The molecule has 0 radical (unpaired) electrons. The first kappa shape index (κ1) is 33.2. The topological polar surface area (TPSA) is 209 Å². The van der Waals surface area contributed by atoms with Crippen molar-refractivity contribution in [1.29, 1.82) is 0 Å². The van der Waals surface area contributed by atoms with E-state index in [1.54, 1.807) is 19.9 Å². The maximum atomic E-state index is 13.2. The van der Waals surface area contributed by atoms with Gasteiger partial charge in [0.1, 0.15) is 24.2 Å². The van der Waals surface area contributed by atoms with Crippen LogP contribution in [0.3, 0.4) is 0 Å². The molecule has 16 nitrogen and oxygen atoms in total. The number of hydrogen-bond donors (Lipinski definition) is 2. The summed E-state index contributed by atoms with van der Waals surface area (Å²) in [5.74, 6) is -3.18. The van der Waals surface area contributed by atoms with Crippen molar-refractivity contribution in [3.8, 4) is 0 Å². The molecule has 4 heterocycles. The number of carboxylic acid groups (broad SMARTS) is 1. The SMILES string of the molecule is CCOC(=O)N1CC=CC(C2=C(C(=O)[O-])N3C(=O)[C@@H](NC(=O)/C(=N\OC)c4csc(N)n4)[C@@H]3SC2)N1C(=O)OCC.[Na+]. The van der Waals surface area contributed by atoms with E-state index >= 15 is 0 Å². The predicted octanol–water partition coefficient (Wildman–Crippen LogP) is -3.75. The first-order valence-corrected chi connectivity index (χ1v) is 14.2. The number of thioether (sulfide) groups is 1. The van der Waals surface area contributed by atoms with Crippen LogP contribution < -0.4 is 45.7 Å². The van der Waals surface area contributed by atoms with Crippen molar-refractivity contribution in [2.75, 3.05) is 38.4 Å².